The van der Waals surface area contributed by atoms with Gasteiger partial charge in [-0.1, -0.05) is 167 Å². The number of ether oxygens (including phenoxy) is 2. The lowest BCUT2D eigenvalue weighted by Crippen LogP contribution is -2.60. The molecule has 8 N–H and O–H groups in total. The topological polar surface area (TPSA) is 189 Å². The van der Waals surface area contributed by atoms with Crippen molar-refractivity contribution in [2.75, 3.05) is 13.2 Å². The van der Waals surface area contributed by atoms with Crippen LogP contribution in [0, 0.1) is 0 Å². The maximum Gasteiger partial charge on any atom is 0.249 e. The van der Waals surface area contributed by atoms with Gasteiger partial charge in [0.15, 0.2) is 6.29 Å². The molecule has 0 aromatic carbocycles. The summed E-state index contributed by atoms with van der Waals surface area (Å²) >= 11 is 0. The SMILES string of the molecule is CCCCCCCCCCCC/C=C\CCCC[C@@H](O)[C@@H](O)[C@H](CO[C@@H]1OC(CO)[C@@H](O)C(O)C1O)NC(=O)[C@H](O)CCCCCCCCCCCCCC. The fraction of sp³-hybridized carbons (Fsp3) is 0.932. The molecule has 11 heteroatoms. The summed E-state index contributed by atoms with van der Waals surface area (Å²) in [7, 11) is 0. The van der Waals surface area contributed by atoms with Crippen LogP contribution in [0.3, 0.4) is 0 Å². The molecule has 0 bridgehead atoms. The molecule has 0 aliphatic carbocycles. The molecule has 11 nitrogen and oxygen atoms in total. The van der Waals surface area contributed by atoms with Crippen molar-refractivity contribution in [1.82, 2.24) is 5.32 Å². The van der Waals surface area contributed by atoms with Gasteiger partial charge in [0.2, 0.25) is 5.91 Å². The predicted molar refractivity (Wildman–Crippen MR) is 219 cm³/mol. The van der Waals surface area contributed by atoms with E-state index in [1.165, 1.54) is 116 Å². The van der Waals surface area contributed by atoms with Crippen molar-refractivity contribution in [2.24, 2.45) is 0 Å². The third-order valence-corrected chi connectivity index (χ3v) is 11.1. The summed E-state index contributed by atoms with van der Waals surface area (Å²) in [5.41, 5.74) is 0. The minimum atomic E-state index is -1.66. The first kappa shape index (κ1) is 51.9. The summed E-state index contributed by atoms with van der Waals surface area (Å²) in [6, 6.07) is -1.17. The van der Waals surface area contributed by atoms with Gasteiger partial charge in [0.25, 0.3) is 0 Å². The minimum absolute atomic E-state index is 0.259. The van der Waals surface area contributed by atoms with Crippen LogP contribution in [0.25, 0.3) is 0 Å². The zero-order valence-electron chi connectivity index (χ0n) is 34.9. The maximum absolute atomic E-state index is 13.0. The molecule has 1 saturated heterocycles. The summed E-state index contributed by atoms with van der Waals surface area (Å²) in [5, 5.41) is 75.5. The summed E-state index contributed by atoms with van der Waals surface area (Å²) in [4.78, 5) is 13.0. The Kier molecular flexibility index (Phi) is 32.9. The first-order valence-corrected chi connectivity index (χ1v) is 22.6. The number of allylic oxidation sites excluding steroid dienone is 2. The highest BCUT2D eigenvalue weighted by molar-refractivity contribution is 5.80. The number of amides is 1. The molecule has 1 fully saturated rings. The Balaban J connectivity index is 2.49. The van der Waals surface area contributed by atoms with Gasteiger partial charge < -0.3 is 50.5 Å². The van der Waals surface area contributed by atoms with E-state index in [4.69, 9.17) is 9.47 Å². The van der Waals surface area contributed by atoms with E-state index in [0.717, 1.165) is 38.5 Å². The van der Waals surface area contributed by atoms with Crippen LogP contribution in [0.4, 0.5) is 0 Å². The van der Waals surface area contributed by atoms with Crippen LogP contribution in [0.2, 0.25) is 0 Å². The lowest BCUT2D eigenvalue weighted by atomic mass is 9.98. The number of rotatable bonds is 37. The van der Waals surface area contributed by atoms with Crippen LogP contribution in [-0.2, 0) is 14.3 Å². The number of carbonyl (C=O) groups excluding carboxylic acids is 1. The average molecular weight is 788 g/mol. The smallest absolute Gasteiger partial charge is 0.249 e. The van der Waals surface area contributed by atoms with Crippen molar-refractivity contribution in [1.29, 1.82) is 0 Å². The fourth-order valence-electron chi connectivity index (χ4n) is 7.26. The summed E-state index contributed by atoms with van der Waals surface area (Å²) in [6.45, 7) is 3.41. The number of unbranched alkanes of at least 4 members (excludes halogenated alkanes) is 23. The molecule has 9 atom stereocenters. The molecule has 55 heavy (non-hydrogen) atoms. The Morgan fingerprint density at radius 3 is 1.55 bits per heavy atom. The molecule has 1 amide bonds. The van der Waals surface area contributed by atoms with Gasteiger partial charge >= 0.3 is 0 Å². The molecular formula is C44H85NO10. The van der Waals surface area contributed by atoms with Crippen molar-refractivity contribution < 1.29 is 50.0 Å². The molecule has 1 rings (SSSR count). The zero-order chi connectivity index (χ0) is 40.5. The Morgan fingerprint density at radius 2 is 1.05 bits per heavy atom. The quantitative estimate of drug-likeness (QED) is 0.0243. The standard InChI is InChI=1S/C44H85NO10/c1-3-5-7-9-11-13-15-17-18-19-20-22-23-25-27-29-31-36(47)39(49)35(34-54-44-42(52)41(51)40(50)38(33-46)55-44)45-43(53)37(48)32-30-28-26-24-21-16-14-12-10-8-6-4-2/h22-23,35-42,44,46-52H,3-21,24-34H2,1-2H3,(H,45,53)/b23-22-/t35-,36+,37+,38?,39-,40+,41?,42?,44+/m0/s1. The van der Waals surface area contributed by atoms with Gasteiger partial charge in [-0.2, -0.15) is 0 Å². The summed E-state index contributed by atoms with van der Waals surface area (Å²) in [5.74, 6) is -0.704. The number of hydrogen-bond donors (Lipinski definition) is 8. The molecule has 1 aliphatic rings. The van der Waals surface area contributed by atoms with Gasteiger partial charge in [-0.05, 0) is 38.5 Å². The largest absolute Gasteiger partial charge is 0.394 e. The lowest BCUT2D eigenvalue weighted by Gasteiger charge is -2.40. The molecule has 0 radical (unpaired) electrons. The van der Waals surface area contributed by atoms with Gasteiger partial charge in [0, 0.05) is 0 Å². The third kappa shape index (κ3) is 25.1. The second-order valence-electron chi connectivity index (χ2n) is 16.1. The Morgan fingerprint density at radius 1 is 0.618 bits per heavy atom. The highest BCUT2D eigenvalue weighted by atomic mass is 16.7. The summed E-state index contributed by atoms with van der Waals surface area (Å²) < 4.78 is 11.1. The van der Waals surface area contributed by atoms with Crippen molar-refractivity contribution >= 4 is 5.91 Å². The normalized spacial score (nSPS) is 22.5. The van der Waals surface area contributed by atoms with Crippen LogP contribution in [0.5, 0.6) is 0 Å². The predicted octanol–water partition coefficient (Wildman–Crippen LogP) is 6.89. The third-order valence-electron chi connectivity index (χ3n) is 11.1. The Bertz CT molecular complexity index is 908. The van der Waals surface area contributed by atoms with Crippen LogP contribution in [0.1, 0.15) is 194 Å². The van der Waals surface area contributed by atoms with Crippen molar-refractivity contribution in [3.05, 3.63) is 12.2 Å². The van der Waals surface area contributed by atoms with Gasteiger partial charge in [-0.15, -0.1) is 0 Å². The molecule has 1 aliphatic heterocycles. The first-order valence-electron chi connectivity index (χ1n) is 22.6. The first-order chi connectivity index (χ1) is 26.7. The van der Waals surface area contributed by atoms with E-state index in [9.17, 15) is 40.5 Å². The minimum Gasteiger partial charge on any atom is -0.394 e. The van der Waals surface area contributed by atoms with Crippen LogP contribution < -0.4 is 5.32 Å². The van der Waals surface area contributed by atoms with E-state index in [1.54, 1.807) is 0 Å². The fourth-order valence-corrected chi connectivity index (χ4v) is 7.26. The molecular weight excluding hydrogens is 702 g/mol. The molecule has 1 heterocycles. The molecule has 0 aromatic heterocycles. The number of hydrogen-bond acceptors (Lipinski definition) is 10. The second kappa shape index (κ2) is 34.9. The maximum atomic E-state index is 13.0. The van der Waals surface area contributed by atoms with Crippen LogP contribution >= 0.6 is 0 Å². The van der Waals surface area contributed by atoms with E-state index in [-0.39, 0.29) is 12.8 Å². The van der Waals surface area contributed by atoms with Gasteiger partial charge in [0.05, 0.1) is 25.4 Å². The van der Waals surface area contributed by atoms with Crippen molar-refractivity contribution in [3.8, 4) is 0 Å². The lowest BCUT2D eigenvalue weighted by molar-refractivity contribution is -0.303. The van der Waals surface area contributed by atoms with Crippen LogP contribution in [-0.4, -0.2) is 110 Å². The van der Waals surface area contributed by atoms with E-state index < -0.39 is 74.2 Å². The van der Waals surface area contributed by atoms with E-state index >= 15 is 0 Å². The van der Waals surface area contributed by atoms with E-state index in [2.05, 4.69) is 31.3 Å². The Hall–Kier alpha value is -1.15. The second-order valence-corrected chi connectivity index (χ2v) is 16.1. The van der Waals surface area contributed by atoms with Crippen molar-refractivity contribution in [2.45, 2.75) is 249 Å². The number of aliphatic hydroxyl groups is 7. The number of carbonyl (C=O) groups is 1. The number of aliphatic hydroxyl groups excluding tert-OH is 7. The molecule has 0 spiro atoms. The molecule has 3 unspecified atom stereocenters. The average Bonchev–Trinajstić information content (AvgIpc) is 3.18. The monoisotopic (exact) mass is 788 g/mol. The number of nitrogens with one attached hydrogen (secondary N) is 1. The molecule has 326 valence electrons. The highest BCUT2D eigenvalue weighted by Crippen LogP contribution is 2.23. The molecule has 0 aromatic rings. The van der Waals surface area contributed by atoms with Gasteiger partial charge in [0.1, 0.15) is 36.6 Å². The molecule has 0 saturated carbocycles. The van der Waals surface area contributed by atoms with Crippen molar-refractivity contribution in [3.63, 3.8) is 0 Å². The van der Waals surface area contributed by atoms with E-state index in [0.29, 0.717) is 12.8 Å². The zero-order valence-corrected chi connectivity index (χ0v) is 34.9. The summed E-state index contributed by atoms with van der Waals surface area (Å²) in [6.07, 6.45) is 24.0. The van der Waals surface area contributed by atoms with Gasteiger partial charge in [-0.25, -0.2) is 0 Å². The Labute approximate surface area is 334 Å². The van der Waals surface area contributed by atoms with Crippen LogP contribution in [0.15, 0.2) is 12.2 Å². The highest BCUT2D eigenvalue weighted by Gasteiger charge is 2.44. The van der Waals surface area contributed by atoms with Gasteiger partial charge in [-0.3, -0.25) is 4.79 Å². The van der Waals surface area contributed by atoms with E-state index in [1.807, 2.05) is 0 Å².